The molecule has 0 bridgehead atoms. The minimum atomic E-state index is 0.0321. The highest BCUT2D eigenvalue weighted by molar-refractivity contribution is 5.94. The van der Waals surface area contributed by atoms with Crippen molar-refractivity contribution >= 4 is 5.91 Å². The number of piperidine rings is 1. The van der Waals surface area contributed by atoms with E-state index in [1.165, 1.54) is 58.0 Å². The first kappa shape index (κ1) is 18.2. The molecular formula is C22H30N4O. The highest BCUT2D eigenvalue weighted by Gasteiger charge is 2.40. The van der Waals surface area contributed by atoms with Crippen molar-refractivity contribution in [3.8, 4) is 11.4 Å². The number of carbonyl (C=O) groups excluding carboxylic acids is 1. The van der Waals surface area contributed by atoms with E-state index in [0.29, 0.717) is 0 Å². The Morgan fingerprint density at radius 2 is 1.78 bits per heavy atom. The number of likely N-dealkylation sites (tertiary alicyclic amines) is 1. The van der Waals surface area contributed by atoms with E-state index in [0.717, 1.165) is 23.5 Å². The topological polar surface area (TPSA) is 50.2 Å². The van der Waals surface area contributed by atoms with Gasteiger partial charge < -0.3 is 9.88 Å². The second kappa shape index (κ2) is 7.85. The lowest BCUT2D eigenvalue weighted by molar-refractivity contribution is 0.0642. The van der Waals surface area contributed by atoms with Crippen molar-refractivity contribution in [3.05, 3.63) is 42.2 Å². The third-order valence-corrected chi connectivity index (χ3v) is 6.37. The summed E-state index contributed by atoms with van der Waals surface area (Å²) >= 11 is 0. The standard InChI is InChI=1S/C22H30N4O/c1-25-16-13-23-20(25)18-7-9-19(10-8-18)21(27)24-17-22(11-3-4-12-22)26-14-5-2-6-15-26/h7-10,13,16H,2-6,11-12,14-15,17H2,1H3,(H,24,27). The molecule has 2 aliphatic rings. The molecule has 1 saturated carbocycles. The van der Waals surface area contributed by atoms with E-state index < -0.39 is 0 Å². The van der Waals surface area contributed by atoms with E-state index >= 15 is 0 Å². The summed E-state index contributed by atoms with van der Waals surface area (Å²) in [5.74, 6) is 0.946. The Hall–Kier alpha value is -2.14. The fourth-order valence-corrected chi connectivity index (χ4v) is 4.77. The van der Waals surface area contributed by atoms with Crippen LogP contribution in [0.4, 0.5) is 0 Å². The van der Waals surface area contributed by atoms with Crippen LogP contribution in [0.1, 0.15) is 55.3 Å². The Balaban J connectivity index is 1.41. The fourth-order valence-electron chi connectivity index (χ4n) is 4.77. The first-order chi connectivity index (χ1) is 13.2. The third-order valence-electron chi connectivity index (χ3n) is 6.37. The van der Waals surface area contributed by atoms with Crippen LogP contribution in [0.3, 0.4) is 0 Å². The molecule has 5 heteroatoms. The summed E-state index contributed by atoms with van der Waals surface area (Å²) in [5.41, 5.74) is 1.93. The largest absolute Gasteiger partial charge is 0.350 e. The minimum absolute atomic E-state index is 0.0321. The number of hydrogen-bond acceptors (Lipinski definition) is 3. The normalized spacial score (nSPS) is 19.9. The number of aryl methyl sites for hydroxylation is 1. The van der Waals surface area contributed by atoms with Gasteiger partial charge in [-0.2, -0.15) is 0 Å². The Labute approximate surface area is 161 Å². The molecule has 5 nitrogen and oxygen atoms in total. The zero-order chi connectivity index (χ0) is 18.7. The summed E-state index contributed by atoms with van der Waals surface area (Å²) in [4.78, 5) is 19.8. The third kappa shape index (κ3) is 3.79. The van der Waals surface area contributed by atoms with E-state index in [-0.39, 0.29) is 11.4 Å². The second-order valence-electron chi connectivity index (χ2n) is 8.10. The van der Waals surface area contributed by atoms with Crippen LogP contribution >= 0.6 is 0 Å². The Kier molecular flexibility index (Phi) is 5.30. The lowest BCUT2D eigenvalue weighted by Crippen LogP contribution is -2.55. The van der Waals surface area contributed by atoms with Crippen molar-refractivity contribution in [2.45, 2.75) is 50.5 Å². The number of benzene rings is 1. The van der Waals surface area contributed by atoms with Gasteiger partial charge in [0.1, 0.15) is 5.82 Å². The van der Waals surface area contributed by atoms with Gasteiger partial charge in [-0.25, -0.2) is 4.98 Å². The molecule has 0 spiro atoms. The molecular weight excluding hydrogens is 336 g/mol. The van der Waals surface area contributed by atoms with Crippen molar-refractivity contribution in [2.24, 2.45) is 7.05 Å². The van der Waals surface area contributed by atoms with Crippen LogP contribution in [-0.4, -0.2) is 45.5 Å². The molecule has 0 radical (unpaired) electrons. The van der Waals surface area contributed by atoms with Crippen LogP contribution in [-0.2, 0) is 7.05 Å². The maximum absolute atomic E-state index is 12.7. The number of nitrogens with one attached hydrogen (secondary N) is 1. The van der Waals surface area contributed by atoms with E-state index in [9.17, 15) is 4.79 Å². The van der Waals surface area contributed by atoms with Crippen molar-refractivity contribution in [1.82, 2.24) is 19.8 Å². The van der Waals surface area contributed by atoms with Crippen molar-refractivity contribution < 1.29 is 4.79 Å². The van der Waals surface area contributed by atoms with Gasteiger partial charge in [0.15, 0.2) is 0 Å². The zero-order valence-electron chi connectivity index (χ0n) is 16.3. The van der Waals surface area contributed by atoms with Gasteiger partial charge in [-0.15, -0.1) is 0 Å². The lowest BCUT2D eigenvalue weighted by atomic mass is 9.92. The highest BCUT2D eigenvalue weighted by Crippen LogP contribution is 2.36. The monoisotopic (exact) mass is 366 g/mol. The van der Waals surface area contributed by atoms with Gasteiger partial charge in [-0.3, -0.25) is 9.69 Å². The molecule has 1 N–H and O–H groups in total. The Morgan fingerprint density at radius 1 is 1.07 bits per heavy atom. The van der Waals surface area contributed by atoms with E-state index in [2.05, 4.69) is 15.2 Å². The molecule has 2 heterocycles. The molecule has 0 unspecified atom stereocenters. The number of nitrogens with zero attached hydrogens (tertiary/aromatic N) is 3. The number of aromatic nitrogens is 2. The van der Waals surface area contributed by atoms with Crippen molar-refractivity contribution in [2.75, 3.05) is 19.6 Å². The van der Waals surface area contributed by atoms with Gasteiger partial charge in [-0.05, 0) is 50.9 Å². The van der Waals surface area contributed by atoms with Crippen LogP contribution in [0, 0.1) is 0 Å². The average Bonchev–Trinajstić information content (AvgIpc) is 3.37. The smallest absolute Gasteiger partial charge is 0.251 e. The van der Waals surface area contributed by atoms with E-state index in [4.69, 9.17) is 0 Å². The van der Waals surface area contributed by atoms with E-state index in [1.54, 1.807) is 6.20 Å². The highest BCUT2D eigenvalue weighted by atomic mass is 16.1. The molecule has 1 aromatic carbocycles. The predicted molar refractivity (Wildman–Crippen MR) is 108 cm³/mol. The fraction of sp³-hybridized carbons (Fsp3) is 0.545. The van der Waals surface area contributed by atoms with Crippen LogP contribution in [0.2, 0.25) is 0 Å². The summed E-state index contributed by atoms with van der Waals surface area (Å²) < 4.78 is 1.98. The number of rotatable bonds is 5. The summed E-state index contributed by atoms with van der Waals surface area (Å²) in [6.45, 7) is 3.15. The zero-order valence-corrected chi connectivity index (χ0v) is 16.3. The van der Waals surface area contributed by atoms with Crippen molar-refractivity contribution in [3.63, 3.8) is 0 Å². The molecule has 1 aliphatic heterocycles. The minimum Gasteiger partial charge on any atom is -0.350 e. The number of imidazole rings is 1. The lowest BCUT2D eigenvalue weighted by Gasteiger charge is -2.43. The van der Waals surface area contributed by atoms with Crippen LogP contribution < -0.4 is 5.32 Å². The van der Waals surface area contributed by atoms with Gasteiger partial charge >= 0.3 is 0 Å². The molecule has 1 saturated heterocycles. The molecule has 1 aromatic heterocycles. The van der Waals surface area contributed by atoms with Crippen LogP contribution in [0.25, 0.3) is 11.4 Å². The SMILES string of the molecule is Cn1ccnc1-c1ccc(C(=O)NCC2(N3CCCCC3)CCCC2)cc1. The number of carbonyl (C=O) groups is 1. The maximum atomic E-state index is 12.7. The Bertz CT molecular complexity index is 768. The first-order valence-electron chi connectivity index (χ1n) is 10.3. The van der Waals surface area contributed by atoms with Gasteiger partial charge in [0.25, 0.3) is 5.91 Å². The van der Waals surface area contributed by atoms with Gasteiger partial charge in [0.2, 0.25) is 0 Å². The van der Waals surface area contributed by atoms with Crippen LogP contribution in [0.5, 0.6) is 0 Å². The quantitative estimate of drug-likeness (QED) is 0.879. The summed E-state index contributed by atoms with van der Waals surface area (Å²) in [7, 11) is 1.98. The van der Waals surface area contributed by atoms with Gasteiger partial charge in [-0.1, -0.05) is 31.4 Å². The summed E-state index contributed by atoms with van der Waals surface area (Å²) in [5, 5.41) is 3.24. The summed E-state index contributed by atoms with van der Waals surface area (Å²) in [6, 6.07) is 7.77. The molecule has 2 aromatic rings. The maximum Gasteiger partial charge on any atom is 0.251 e. The predicted octanol–water partition coefficient (Wildman–Crippen LogP) is 3.62. The first-order valence-corrected chi connectivity index (χ1v) is 10.3. The molecule has 144 valence electrons. The molecule has 4 rings (SSSR count). The number of hydrogen-bond donors (Lipinski definition) is 1. The second-order valence-corrected chi connectivity index (χ2v) is 8.10. The summed E-state index contributed by atoms with van der Waals surface area (Å²) in [6.07, 6.45) is 12.7. The molecule has 2 fully saturated rings. The van der Waals surface area contributed by atoms with E-state index in [1.807, 2.05) is 42.1 Å². The molecule has 1 aliphatic carbocycles. The van der Waals surface area contributed by atoms with Crippen molar-refractivity contribution in [1.29, 1.82) is 0 Å². The van der Waals surface area contributed by atoms with Crippen LogP contribution in [0.15, 0.2) is 36.7 Å². The van der Waals surface area contributed by atoms with Gasteiger partial charge in [0, 0.05) is 42.7 Å². The number of amides is 1. The van der Waals surface area contributed by atoms with Gasteiger partial charge in [0.05, 0.1) is 0 Å². The molecule has 27 heavy (non-hydrogen) atoms. The molecule has 1 amide bonds. The Morgan fingerprint density at radius 3 is 2.41 bits per heavy atom. The average molecular weight is 367 g/mol. The molecule has 0 atom stereocenters.